The first-order valence-electron chi connectivity index (χ1n) is 6.61. The Morgan fingerprint density at radius 1 is 1.60 bits per heavy atom. The second kappa shape index (κ2) is 5.41. The van der Waals surface area contributed by atoms with Gasteiger partial charge in [0.15, 0.2) is 5.69 Å². The van der Waals surface area contributed by atoms with Crippen LogP contribution >= 0.6 is 0 Å². The van der Waals surface area contributed by atoms with E-state index in [9.17, 15) is 4.79 Å². The molecule has 1 atom stereocenters. The van der Waals surface area contributed by atoms with Crippen LogP contribution in [0.4, 0.5) is 0 Å². The lowest BCUT2D eigenvalue weighted by atomic mass is 10.2. The van der Waals surface area contributed by atoms with Crippen molar-refractivity contribution in [2.45, 2.75) is 25.6 Å². The van der Waals surface area contributed by atoms with E-state index < -0.39 is 0 Å². The van der Waals surface area contributed by atoms with Gasteiger partial charge in [0.2, 0.25) is 0 Å². The molecule has 0 aliphatic carbocycles. The zero-order valence-corrected chi connectivity index (χ0v) is 11.2. The molecular formula is C12H17N7O. The molecule has 0 radical (unpaired) electrons. The van der Waals surface area contributed by atoms with Crippen molar-refractivity contribution in [3.05, 3.63) is 30.6 Å². The highest BCUT2D eigenvalue weighted by Gasteiger charge is 2.22. The molecule has 1 aliphatic rings. The normalized spacial score (nSPS) is 16.6. The molecule has 0 aromatic carbocycles. The maximum atomic E-state index is 12.1. The lowest BCUT2D eigenvalue weighted by molar-refractivity contribution is 0.0931. The van der Waals surface area contributed by atoms with E-state index in [2.05, 4.69) is 25.9 Å². The number of nitrogens with zero attached hydrogens (tertiary/aromatic N) is 5. The number of rotatable bonds is 5. The molecule has 1 unspecified atom stereocenters. The molecule has 1 saturated heterocycles. The highest BCUT2D eigenvalue weighted by Crippen LogP contribution is 2.09. The Balaban J connectivity index is 1.56. The van der Waals surface area contributed by atoms with Gasteiger partial charge in [-0.1, -0.05) is 5.21 Å². The van der Waals surface area contributed by atoms with E-state index in [1.54, 1.807) is 23.4 Å². The quantitative estimate of drug-likeness (QED) is 0.763. The van der Waals surface area contributed by atoms with Crippen molar-refractivity contribution < 1.29 is 4.79 Å². The average Bonchev–Trinajstić information content (AvgIpc) is 2.97. The molecule has 1 amide bonds. The topological polar surface area (TPSA) is 89.7 Å². The number of imidazole rings is 1. The lowest BCUT2D eigenvalue weighted by Gasteiger charge is -2.26. The molecule has 2 aromatic heterocycles. The van der Waals surface area contributed by atoms with Gasteiger partial charge in [0.05, 0.1) is 18.6 Å². The van der Waals surface area contributed by atoms with Crippen molar-refractivity contribution in [1.29, 1.82) is 0 Å². The summed E-state index contributed by atoms with van der Waals surface area (Å²) >= 11 is 0. The fraction of sp³-hybridized carbons (Fsp3) is 0.500. The molecule has 8 nitrogen and oxygen atoms in total. The number of amides is 1. The first kappa shape index (κ1) is 12.8. The highest BCUT2D eigenvalue weighted by atomic mass is 16.2. The molecular weight excluding hydrogens is 258 g/mol. The van der Waals surface area contributed by atoms with Crippen molar-refractivity contribution in [2.75, 3.05) is 13.1 Å². The summed E-state index contributed by atoms with van der Waals surface area (Å²) in [7, 11) is 0. The fourth-order valence-corrected chi connectivity index (χ4v) is 2.07. The molecule has 8 heteroatoms. The Morgan fingerprint density at radius 2 is 2.45 bits per heavy atom. The average molecular weight is 275 g/mol. The van der Waals surface area contributed by atoms with Crippen molar-refractivity contribution in [3.8, 4) is 0 Å². The van der Waals surface area contributed by atoms with Gasteiger partial charge in [-0.2, -0.15) is 0 Å². The van der Waals surface area contributed by atoms with E-state index in [0.29, 0.717) is 18.3 Å². The van der Waals surface area contributed by atoms with Crippen LogP contribution in [0.2, 0.25) is 0 Å². The summed E-state index contributed by atoms with van der Waals surface area (Å²) in [6, 6.07) is 0.305. The minimum absolute atomic E-state index is 0.00720. The smallest absolute Gasteiger partial charge is 0.273 e. The third-order valence-corrected chi connectivity index (χ3v) is 3.30. The minimum Gasteiger partial charge on any atom is -0.346 e. The van der Waals surface area contributed by atoms with E-state index in [4.69, 9.17) is 0 Å². The summed E-state index contributed by atoms with van der Waals surface area (Å²) < 4.78 is 3.66. The Labute approximate surface area is 116 Å². The van der Waals surface area contributed by atoms with Gasteiger partial charge in [-0.25, -0.2) is 9.67 Å². The summed E-state index contributed by atoms with van der Waals surface area (Å²) in [4.78, 5) is 16.0. The molecule has 2 aromatic rings. The predicted octanol–water partition coefficient (Wildman–Crippen LogP) is -0.563. The molecule has 0 saturated carbocycles. The van der Waals surface area contributed by atoms with Gasteiger partial charge in [-0.05, 0) is 6.92 Å². The largest absolute Gasteiger partial charge is 0.346 e. The van der Waals surface area contributed by atoms with Crippen LogP contribution in [0, 0.1) is 0 Å². The number of aromatic nitrogens is 5. The van der Waals surface area contributed by atoms with Crippen molar-refractivity contribution in [3.63, 3.8) is 0 Å². The number of hydrogen-bond acceptors (Lipinski definition) is 5. The Kier molecular flexibility index (Phi) is 3.46. The monoisotopic (exact) mass is 275 g/mol. The van der Waals surface area contributed by atoms with Crippen LogP contribution in [0.15, 0.2) is 24.9 Å². The maximum absolute atomic E-state index is 12.1. The Morgan fingerprint density at radius 3 is 3.10 bits per heavy atom. The van der Waals surface area contributed by atoms with E-state index in [1.807, 2.05) is 17.7 Å². The van der Waals surface area contributed by atoms with Crippen LogP contribution in [-0.2, 0) is 6.54 Å². The van der Waals surface area contributed by atoms with Gasteiger partial charge < -0.3 is 15.2 Å². The van der Waals surface area contributed by atoms with Crippen LogP contribution in [0.1, 0.15) is 23.5 Å². The second-order valence-electron chi connectivity index (χ2n) is 5.03. The lowest BCUT2D eigenvalue weighted by Crippen LogP contribution is -2.43. The standard InChI is InChI=1S/C12H17N7O/c1-9(6-18-3-2-13-8-18)15-12(20)11-7-19(17-16-11)10-4-14-5-10/h2-3,7-10,14H,4-6H2,1H3,(H,15,20). The number of hydrogen-bond donors (Lipinski definition) is 2. The summed E-state index contributed by atoms with van der Waals surface area (Å²) in [5, 5.41) is 14.0. The van der Waals surface area contributed by atoms with Crippen LogP contribution < -0.4 is 10.6 Å². The van der Waals surface area contributed by atoms with Gasteiger partial charge in [0, 0.05) is 38.1 Å². The predicted molar refractivity (Wildman–Crippen MR) is 71.1 cm³/mol. The zero-order chi connectivity index (χ0) is 13.9. The first-order valence-corrected chi connectivity index (χ1v) is 6.61. The van der Waals surface area contributed by atoms with Crippen LogP contribution in [0.5, 0.6) is 0 Å². The van der Waals surface area contributed by atoms with E-state index in [-0.39, 0.29) is 11.9 Å². The third kappa shape index (κ3) is 2.69. The molecule has 0 spiro atoms. The molecule has 20 heavy (non-hydrogen) atoms. The molecule has 3 rings (SSSR count). The summed E-state index contributed by atoms with van der Waals surface area (Å²) in [5.74, 6) is -0.198. The van der Waals surface area contributed by atoms with Crippen LogP contribution in [0.25, 0.3) is 0 Å². The zero-order valence-electron chi connectivity index (χ0n) is 11.2. The van der Waals surface area contributed by atoms with E-state index in [0.717, 1.165) is 13.1 Å². The second-order valence-corrected chi connectivity index (χ2v) is 5.03. The first-order chi connectivity index (χ1) is 9.72. The molecule has 2 N–H and O–H groups in total. The number of carbonyl (C=O) groups excluding carboxylic acids is 1. The third-order valence-electron chi connectivity index (χ3n) is 3.30. The van der Waals surface area contributed by atoms with Crippen LogP contribution in [-0.4, -0.2) is 49.6 Å². The Hall–Kier alpha value is -2.22. The molecule has 3 heterocycles. The van der Waals surface area contributed by atoms with Crippen molar-refractivity contribution >= 4 is 5.91 Å². The molecule has 0 bridgehead atoms. The molecule has 1 fully saturated rings. The highest BCUT2D eigenvalue weighted by molar-refractivity contribution is 5.92. The Bertz CT molecular complexity index is 572. The van der Waals surface area contributed by atoms with Crippen molar-refractivity contribution in [1.82, 2.24) is 35.2 Å². The van der Waals surface area contributed by atoms with Crippen molar-refractivity contribution in [2.24, 2.45) is 0 Å². The fourth-order valence-electron chi connectivity index (χ4n) is 2.07. The maximum Gasteiger partial charge on any atom is 0.273 e. The summed E-state index contributed by atoms with van der Waals surface area (Å²) in [5.41, 5.74) is 0.356. The van der Waals surface area contributed by atoms with Gasteiger partial charge in [-0.3, -0.25) is 4.79 Å². The SMILES string of the molecule is CC(Cn1ccnc1)NC(=O)c1cn(C2CNC2)nn1. The van der Waals surface area contributed by atoms with Gasteiger partial charge in [0.1, 0.15) is 0 Å². The number of nitrogens with one attached hydrogen (secondary N) is 2. The van der Waals surface area contributed by atoms with Gasteiger partial charge >= 0.3 is 0 Å². The van der Waals surface area contributed by atoms with Crippen LogP contribution in [0.3, 0.4) is 0 Å². The van der Waals surface area contributed by atoms with Gasteiger partial charge in [-0.15, -0.1) is 5.10 Å². The minimum atomic E-state index is -0.198. The van der Waals surface area contributed by atoms with E-state index >= 15 is 0 Å². The van der Waals surface area contributed by atoms with Gasteiger partial charge in [0.25, 0.3) is 5.91 Å². The molecule has 106 valence electrons. The summed E-state index contributed by atoms with van der Waals surface area (Å²) in [6.07, 6.45) is 7.00. The summed E-state index contributed by atoms with van der Waals surface area (Å²) in [6.45, 7) is 4.37. The molecule has 1 aliphatic heterocycles. The van der Waals surface area contributed by atoms with E-state index in [1.165, 1.54) is 0 Å². The number of carbonyl (C=O) groups is 1.